The Hall–Kier alpha value is -3.02. The Morgan fingerprint density at radius 3 is 1.94 bits per heavy atom. The molecule has 0 unspecified atom stereocenters. The van der Waals surface area contributed by atoms with E-state index in [4.69, 9.17) is 9.47 Å². The van der Waals surface area contributed by atoms with Crippen LogP contribution in [0.2, 0.25) is 0 Å². The van der Waals surface area contributed by atoms with Crippen molar-refractivity contribution in [2.75, 3.05) is 20.8 Å². The van der Waals surface area contributed by atoms with Crippen molar-refractivity contribution in [2.24, 2.45) is 5.41 Å². The molecule has 0 bridgehead atoms. The zero-order valence-electron chi connectivity index (χ0n) is 19.6. The van der Waals surface area contributed by atoms with Gasteiger partial charge in [0.1, 0.15) is 11.5 Å². The minimum absolute atomic E-state index is 0.0484. The van der Waals surface area contributed by atoms with Crippen LogP contribution in [0.1, 0.15) is 50.8 Å². The molecule has 2 aromatic carbocycles. The summed E-state index contributed by atoms with van der Waals surface area (Å²) in [5, 5.41) is 0. The fourth-order valence-electron chi connectivity index (χ4n) is 5.28. The molecule has 2 aliphatic heterocycles. The first kappa shape index (κ1) is 22.2. The fourth-order valence-corrected chi connectivity index (χ4v) is 5.28. The average Bonchev–Trinajstić information content (AvgIpc) is 2.81. The molecule has 2 aromatic rings. The number of hydrogen-bond acceptors (Lipinski definition) is 4. The molecule has 4 rings (SSSR count). The predicted octanol–water partition coefficient (Wildman–Crippen LogP) is 4.19. The third kappa shape index (κ3) is 2.99. The van der Waals surface area contributed by atoms with Crippen LogP contribution < -0.4 is 9.47 Å². The molecule has 2 saturated heterocycles. The maximum Gasteiger partial charge on any atom is 0.244 e. The third-order valence-electron chi connectivity index (χ3n) is 7.23. The van der Waals surface area contributed by atoms with Crippen LogP contribution in [0.25, 0.3) is 0 Å². The number of rotatable bonds is 8. The van der Waals surface area contributed by atoms with Gasteiger partial charge in [-0.25, -0.2) is 0 Å². The summed E-state index contributed by atoms with van der Waals surface area (Å²) in [6.45, 7) is 7.27. The first-order chi connectivity index (χ1) is 15.3. The lowest BCUT2D eigenvalue weighted by Gasteiger charge is -2.71. The molecule has 0 aliphatic carbocycles. The fraction of sp³-hybridized carbons (Fsp3) is 0.462. The van der Waals surface area contributed by atoms with Crippen LogP contribution in [0.5, 0.6) is 11.5 Å². The van der Waals surface area contributed by atoms with Gasteiger partial charge in [0.2, 0.25) is 11.8 Å². The lowest BCUT2D eigenvalue weighted by molar-refractivity contribution is -0.235. The second kappa shape index (κ2) is 8.15. The van der Waals surface area contributed by atoms with Gasteiger partial charge in [0.25, 0.3) is 0 Å². The number of likely N-dealkylation sites (tertiary alicyclic amines) is 2. The molecule has 2 fully saturated rings. The summed E-state index contributed by atoms with van der Waals surface area (Å²) in [5.41, 5.74) is 0.334. The summed E-state index contributed by atoms with van der Waals surface area (Å²) in [6.07, 6.45) is 1.91. The molecule has 170 valence electrons. The number of β-lactam (4-membered cyclic amide) rings is 2. The van der Waals surface area contributed by atoms with E-state index < -0.39 is 11.0 Å². The Morgan fingerprint density at radius 2 is 1.44 bits per heavy atom. The Morgan fingerprint density at radius 1 is 0.875 bits per heavy atom. The van der Waals surface area contributed by atoms with E-state index in [0.29, 0.717) is 13.1 Å². The van der Waals surface area contributed by atoms with E-state index in [1.54, 1.807) is 14.2 Å². The quantitative estimate of drug-likeness (QED) is 0.460. The molecule has 0 saturated carbocycles. The van der Waals surface area contributed by atoms with Gasteiger partial charge in [-0.05, 0) is 55.7 Å². The van der Waals surface area contributed by atoms with Crippen LogP contribution in [0.15, 0.2) is 48.5 Å². The van der Waals surface area contributed by atoms with Crippen LogP contribution >= 0.6 is 0 Å². The molecule has 1 spiro atoms. The number of methoxy groups -OCH3 is 2. The number of benzene rings is 2. The van der Waals surface area contributed by atoms with Crippen molar-refractivity contribution >= 4 is 11.8 Å². The van der Waals surface area contributed by atoms with E-state index >= 15 is 0 Å². The smallest absolute Gasteiger partial charge is 0.244 e. The molecule has 0 aromatic heterocycles. The highest BCUT2D eigenvalue weighted by Gasteiger charge is 2.81. The van der Waals surface area contributed by atoms with Gasteiger partial charge in [0.15, 0.2) is 5.41 Å². The maximum atomic E-state index is 13.7. The Kier molecular flexibility index (Phi) is 5.65. The van der Waals surface area contributed by atoms with Gasteiger partial charge >= 0.3 is 0 Å². The van der Waals surface area contributed by atoms with E-state index in [-0.39, 0.29) is 17.9 Å². The molecular weight excluding hydrogens is 404 g/mol. The van der Waals surface area contributed by atoms with Crippen LogP contribution in [0.3, 0.4) is 0 Å². The average molecular weight is 437 g/mol. The lowest BCUT2D eigenvalue weighted by Crippen LogP contribution is -2.87. The highest BCUT2D eigenvalue weighted by molar-refractivity contribution is 6.16. The second-order valence-electron chi connectivity index (χ2n) is 9.13. The van der Waals surface area contributed by atoms with Crippen LogP contribution in [-0.2, 0) is 16.1 Å². The van der Waals surface area contributed by atoms with Crippen molar-refractivity contribution in [1.82, 2.24) is 9.80 Å². The van der Waals surface area contributed by atoms with Gasteiger partial charge in [-0.1, -0.05) is 37.6 Å². The number of unbranched alkanes of at least 4 members (excludes halogenated alkanes) is 1. The molecule has 0 radical (unpaired) electrons. The number of carbonyl (C=O) groups is 2. The molecule has 0 N–H and O–H groups in total. The Bertz CT molecular complexity index is 999. The molecule has 6 nitrogen and oxygen atoms in total. The minimum atomic E-state index is -1.05. The van der Waals surface area contributed by atoms with Gasteiger partial charge in [0.05, 0.1) is 25.8 Å². The lowest BCUT2D eigenvalue weighted by atomic mass is 9.50. The standard InChI is InChI=1S/C26H32N2O4/c1-6-7-16-27-22(19-10-14-21(32-5)15-11-19)26(23(27)29)24(30)28(25(26,2)3)17-18-8-12-20(31-4)13-9-18/h8-15,22H,6-7,16-17H2,1-5H3/t22-,26-/m0/s1. The van der Waals surface area contributed by atoms with Crippen molar-refractivity contribution < 1.29 is 19.1 Å². The van der Waals surface area contributed by atoms with E-state index in [1.807, 2.05) is 72.2 Å². The summed E-state index contributed by atoms with van der Waals surface area (Å²) in [4.78, 5) is 30.9. The highest BCUT2D eigenvalue weighted by Crippen LogP contribution is 2.65. The van der Waals surface area contributed by atoms with Crippen molar-refractivity contribution in [2.45, 2.75) is 51.7 Å². The molecule has 2 amide bonds. The monoisotopic (exact) mass is 436 g/mol. The van der Waals surface area contributed by atoms with Crippen molar-refractivity contribution in [1.29, 1.82) is 0 Å². The zero-order chi connectivity index (χ0) is 23.1. The van der Waals surface area contributed by atoms with E-state index in [9.17, 15) is 9.59 Å². The van der Waals surface area contributed by atoms with Gasteiger partial charge in [-0.3, -0.25) is 9.59 Å². The molecule has 2 heterocycles. The van der Waals surface area contributed by atoms with Gasteiger partial charge in [-0.15, -0.1) is 0 Å². The summed E-state index contributed by atoms with van der Waals surface area (Å²) < 4.78 is 10.5. The van der Waals surface area contributed by atoms with E-state index in [1.165, 1.54) is 0 Å². The van der Waals surface area contributed by atoms with Gasteiger partial charge in [0, 0.05) is 13.1 Å². The predicted molar refractivity (Wildman–Crippen MR) is 122 cm³/mol. The number of nitrogens with zero attached hydrogens (tertiary/aromatic N) is 2. The SMILES string of the molecule is CCCCN1C(=O)[C@]2(C(=O)N(Cc3ccc(OC)cc3)C2(C)C)[C@@H]1c1ccc(OC)cc1. The maximum absolute atomic E-state index is 13.7. The third-order valence-corrected chi connectivity index (χ3v) is 7.23. The summed E-state index contributed by atoms with van der Waals surface area (Å²) >= 11 is 0. The zero-order valence-corrected chi connectivity index (χ0v) is 19.6. The number of carbonyl (C=O) groups excluding carboxylic acids is 2. The minimum Gasteiger partial charge on any atom is -0.497 e. The summed E-state index contributed by atoms with van der Waals surface area (Å²) in [7, 11) is 3.26. The largest absolute Gasteiger partial charge is 0.497 e. The van der Waals surface area contributed by atoms with Crippen LogP contribution in [0, 0.1) is 5.41 Å². The first-order valence-electron chi connectivity index (χ1n) is 11.2. The Labute approximate surface area is 190 Å². The molecular formula is C26H32N2O4. The van der Waals surface area contributed by atoms with Gasteiger partial charge < -0.3 is 19.3 Å². The van der Waals surface area contributed by atoms with Crippen molar-refractivity contribution in [3.8, 4) is 11.5 Å². The van der Waals surface area contributed by atoms with Crippen molar-refractivity contribution in [3.63, 3.8) is 0 Å². The Balaban J connectivity index is 1.65. The molecule has 2 aliphatic rings. The molecule has 32 heavy (non-hydrogen) atoms. The second-order valence-corrected chi connectivity index (χ2v) is 9.13. The number of ether oxygens (including phenoxy) is 2. The highest BCUT2D eigenvalue weighted by atomic mass is 16.5. The van der Waals surface area contributed by atoms with Crippen LogP contribution in [-0.4, -0.2) is 47.9 Å². The molecule has 6 heteroatoms. The van der Waals surface area contributed by atoms with Gasteiger partial charge in [-0.2, -0.15) is 0 Å². The van der Waals surface area contributed by atoms with E-state index in [2.05, 4.69) is 6.92 Å². The first-order valence-corrected chi connectivity index (χ1v) is 11.2. The summed E-state index contributed by atoms with van der Waals surface area (Å²) in [6, 6.07) is 15.2. The van der Waals surface area contributed by atoms with Crippen molar-refractivity contribution in [3.05, 3.63) is 59.7 Å². The normalized spacial score (nSPS) is 23.7. The van der Waals surface area contributed by atoms with E-state index in [0.717, 1.165) is 35.5 Å². The summed E-state index contributed by atoms with van der Waals surface area (Å²) in [5.74, 6) is 1.40. The number of amides is 2. The van der Waals surface area contributed by atoms with Crippen LogP contribution in [0.4, 0.5) is 0 Å². The molecule has 2 atom stereocenters. The number of hydrogen-bond donors (Lipinski definition) is 0. The topological polar surface area (TPSA) is 59.1 Å².